The van der Waals surface area contributed by atoms with Gasteiger partial charge in [-0.05, 0) is 34.1 Å². The largest absolute Gasteiger partial charge is 0.397 e. The van der Waals surface area contributed by atoms with Gasteiger partial charge in [-0.1, -0.05) is 0 Å². The Hall–Kier alpha value is -1.16. The van der Waals surface area contributed by atoms with Crippen LogP contribution in [0.4, 0.5) is 10.1 Å². The lowest BCUT2D eigenvalue weighted by atomic mass is 10.2. The molecule has 0 amide bonds. The number of hydrogen-bond acceptors (Lipinski definition) is 2. The Morgan fingerprint density at radius 3 is 2.92 bits per heavy atom. The highest BCUT2D eigenvalue weighted by atomic mass is 79.9. The lowest BCUT2D eigenvalue weighted by Crippen LogP contribution is -1.89. The first-order valence-corrected chi connectivity index (χ1v) is 4.47. The summed E-state index contributed by atoms with van der Waals surface area (Å²) in [5.41, 5.74) is 6.57. The maximum Gasteiger partial charge on any atom is 0.146 e. The minimum atomic E-state index is -0.322. The van der Waals surface area contributed by atoms with Gasteiger partial charge < -0.3 is 5.73 Å². The number of aromatic nitrogens is 1. The van der Waals surface area contributed by atoms with E-state index in [1.807, 2.05) is 0 Å². The second kappa shape index (κ2) is 2.96. The van der Waals surface area contributed by atoms with Crippen molar-refractivity contribution in [1.82, 2.24) is 4.98 Å². The van der Waals surface area contributed by atoms with Crippen LogP contribution in [0.15, 0.2) is 28.9 Å². The molecule has 0 fully saturated rings. The molecule has 1 heterocycles. The fourth-order valence-corrected chi connectivity index (χ4v) is 1.50. The van der Waals surface area contributed by atoms with Gasteiger partial charge in [0, 0.05) is 5.39 Å². The van der Waals surface area contributed by atoms with Crippen molar-refractivity contribution in [3.63, 3.8) is 0 Å². The van der Waals surface area contributed by atoms with Crippen LogP contribution in [-0.4, -0.2) is 4.98 Å². The summed E-state index contributed by atoms with van der Waals surface area (Å²) < 4.78 is 13.9. The van der Waals surface area contributed by atoms with Gasteiger partial charge in [0.25, 0.3) is 0 Å². The number of hydrogen-bond donors (Lipinski definition) is 1. The second-order valence-corrected chi connectivity index (χ2v) is 3.55. The standard InChI is InChI=1S/C9H6BrFN2/c10-7-1-2-8-6(9(7)11)3-5(12)4-13-8/h1-4H,12H2. The Balaban J connectivity index is 2.89. The molecule has 2 aromatic rings. The van der Waals surface area contributed by atoms with E-state index in [1.54, 1.807) is 18.2 Å². The smallest absolute Gasteiger partial charge is 0.146 e. The van der Waals surface area contributed by atoms with Crippen LogP contribution in [0, 0.1) is 5.82 Å². The van der Waals surface area contributed by atoms with Gasteiger partial charge in [0.05, 0.1) is 21.9 Å². The molecule has 13 heavy (non-hydrogen) atoms. The van der Waals surface area contributed by atoms with Crippen LogP contribution in [0.1, 0.15) is 0 Å². The number of nitrogens with zero attached hydrogens (tertiary/aromatic N) is 1. The maximum atomic E-state index is 13.4. The molecule has 0 bridgehead atoms. The van der Waals surface area contributed by atoms with Gasteiger partial charge in [0.2, 0.25) is 0 Å². The zero-order valence-electron chi connectivity index (χ0n) is 6.59. The van der Waals surface area contributed by atoms with Crippen LogP contribution in [0.2, 0.25) is 0 Å². The molecule has 1 aromatic carbocycles. The number of halogens is 2. The van der Waals surface area contributed by atoms with Gasteiger partial charge in [0.1, 0.15) is 5.82 Å². The van der Waals surface area contributed by atoms with Crippen molar-refractivity contribution in [2.75, 3.05) is 5.73 Å². The number of fused-ring (bicyclic) bond motifs is 1. The second-order valence-electron chi connectivity index (χ2n) is 2.70. The lowest BCUT2D eigenvalue weighted by molar-refractivity contribution is 0.633. The first kappa shape index (κ1) is 8.44. The van der Waals surface area contributed by atoms with Crippen molar-refractivity contribution in [3.8, 4) is 0 Å². The molecule has 0 aliphatic carbocycles. The third-order valence-corrected chi connectivity index (χ3v) is 2.39. The van der Waals surface area contributed by atoms with Gasteiger partial charge in [0.15, 0.2) is 0 Å². The maximum absolute atomic E-state index is 13.4. The summed E-state index contributed by atoms with van der Waals surface area (Å²) in [6, 6.07) is 4.94. The number of nitrogens with two attached hydrogens (primary N) is 1. The predicted octanol–water partition coefficient (Wildman–Crippen LogP) is 2.72. The number of pyridine rings is 1. The minimum absolute atomic E-state index is 0.322. The van der Waals surface area contributed by atoms with Gasteiger partial charge in [-0.3, -0.25) is 4.98 Å². The van der Waals surface area contributed by atoms with Crippen molar-refractivity contribution in [1.29, 1.82) is 0 Å². The molecule has 0 aliphatic heterocycles. The van der Waals surface area contributed by atoms with E-state index in [9.17, 15) is 4.39 Å². The summed E-state index contributed by atoms with van der Waals surface area (Å²) in [4.78, 5) is 4.00. The van der Waals surface area contributed by atoms with E-state index in [1.165, 1.54) is 6.20 Å². The quantitative estimate of drug-likeness (QED) is 0.770. The molecule has 2 rings (SSSR count). The summed E-state index contributed by atoms with van der Waals surface area (Å²) in [6.07, 6.45) is 1.51. The van der Waals surface area contributed by atoms with Crippen LogP contribution in [0.5, 0.6) is 0 Å². The molecule has 0 aliphatic rings. The molecule has 0 radical (unpaired) electrons. The Morgan fingerprint density at radius 1 is 1.38 bits per heavy atom. The van der Waals surface area contributed by atoms with Crippen LogP contribution in [0.3, 0.4) is 0 Å². The van der Waals surface area contributed by atoms with E-state index in [0.29, 0.717) is 21.1 Å². The van der Waals surface area contributed by atoms with Crippen molar-refractivity contribution in [2.45, 2.75) is 0 Å². The molecule has 1 aromatic heterocycles. The molecule has 4 heteroatoms. The highest BCUT2D eigenvalue weighted by Gasteiger charge is 2.05. The topological polar surface area (TPSA) is 38.9 Å². The van der Waals surface area contributed by atoms with Crippen LogP contribution >= 0.6 is 15.9 Å². The first-order valence-electron chi connectivity index (χ1n) is 3.68. The molecule has 0 saturated heterocycles. The Bertz CT molecular complexity index is 465. The Labute approximate surface area is 82.7 Å². The summed E-state index contributed by atoms with van der Waals surface area (Å²) in [7, 11) is 0. The minimum Gasteiger partial charge on any atom is -0.397 e. The van der Waals surface area contributed by atoms with Crippen LogP contribution in [-0.2, 0) is 0 Å². The average molecular weight is 241 g/mol. The molecule has 2 N–H and O–H groups in total. The Kier molecular flexibility index (Phi) is 1.92. The van der Waals surface area contributed by atoms with E-state index < -0.39 is 0 Å². The third kappa shape index (κ3) is 1.37. The number of benzene rings is 1. The summed E-state index contributed by atoms with van der Waals surface area (Å²) in [5, 5.41) is 0.439. The molecular formula is C9H6BrFN2. The van der Waals surface area contributed by atoms with Crippen molar-refractivity contribution >= 4 is 32.5 Å². The molecule has 0 saturated carbocycles. The fraction of sp³-hybridized carbons (Fsp3) is 0. The highest BCUT2D eigenvalue weighted by molar-refractivity contribution is 9.10. The van der Waals surface area contributed by atoms with Gasteiger partial charge >= 0.3 is 0 Å². The summed E-state index contributed by atoms with van der Waals surface area (Å²) >= 11 is 3.10. The van der Waals surface area contributed by atoms with E-state index in [2.05, 4.69) is 20.9 Å². The van der Waals surface area contributed by atoms with Crippen molar-refractivity contribution < 1.29 is 4.39 Å². The fourth-order valence-electron chi connectivity index (χ4n) is 1.15. The summed E-state index contributed by atoms with van der Waals surface area (Å²) in [5.74, 6) is -0.322. The predicted molar refractivity (Wildman–Crippen MR) is 53.8 cm³/mol. The average Bonchev–Trinajstić information content (AvgIpc) is 2.12. The van der Waals surface area contributed by atoms with Crippen molar-refractivity contribution in [3.05, 3.63) is 34.7 Å². The molecule has 2 nitrogen and oxygen atoms in total. The van der Waals surface area contributed by atoms with E-state index in [0.717, 1.165) is 0 Å². The molecule has 66 valence electrons. The molecule has 0 unspecified atom stereocenters. The monoisotopic (exact) mass is 240 g/mol. The highest BCUT2D eigenvalue weighted by Crippen LogP contribution is 2.24. The zero-order valence-corrected chi connectivity index (χ0v) is 8.18. The molecular weight excluding hydrogens is 235 g/mol. The summed E-state index contributed by atoms with van der Waals surface area (Å²) in [6.45, 7) is 0. The van der Waals surface area contributed by atoms with E-state index >= 15 is 0 Å². The number of rotatable bonds is 0. The third-order valence-electron chi connectivity index (χ3n) is 1.77. The lowest BCUT2D eigenvalue weighted by Gasteiger charge is -2.01. The van der Waals surface area contributed by atoms with E-state index in [4.69, 9.17) is 5.73 Å². The van der Waals surface area contributed by atoms with Crippen LogP contribution in [0.25, 0.3) is 10.9 Å². The molecule has 0 spiro atoms. The van der Waals surface area contributed by atoms with E-state index in [-0.39, 0.29) is 5.82 Å². The van der Waals surface area contributed by atoms with Crippen LogP contribution < -0.4 is 5.73 Å². The van der Waals surface area contributed by atoms with Gasteiger partial charge in [-0.15, -0.1) is 0 Å². The zero-order chi connectivity index (χ0) is 9.42. The normalized spacial score (nSPS) is 10.6. The number of nitrogen functional groups attached to an aromatic ring is 1. The SMILES string of the molecule is Nc1cnc2ccc(Br)c(F)c2c1. The van der Waals surface area contributed by atoms with Crippen molar-refractivity contribution in [2.24, 2.45) is 0 Å². The van der Waals surface area contributed by atoms with Gasteiger partial charge in [-0.25, -0.2) is 4.39 Å². The number of anilines is 1. The van der Waals surface area contributed by atoms with Gasteiger partial charge in [-0.2, -0.15) is 0 Å². The molecule has 0 atom stereocenters. The Morgan fingerprint density at radius 2 is 2.15 bits per heavy atom. The first-order chi connectivity index (χ1) is 6.18.